The lowest BCUT2D eigenvalue weighted by molar-refractivity contribution is -0.384. The van der Waals surface area contributed by atoms with E-state index in [1.54, 1.807) is 23.1 Å². The normalized spacial score (nSPS) is 18.9. The van der Waals surface area contributed by atoms with Gasteiger partial charge in [0, 0.05) is 36.5 Å². The largest absolute Gasteiger partial charge is 0.341 e. The Morgan fingerprint density at radius 3 is 2.35 bits per heavy atom. The van der Waals surface area contributed by atoms with Gasteiger partial charge in [0.25, 0.3) is 11.6 Å². The van der Waals surface area contributed by atoms with E-state index in [0.717, 1.165) is 12.8 Å². The molecule has 0 radical (unpaired) electrons. The fraction of sp³-hybridized carbons (Fsp3) is 0.263. The quantitative estimate of drug-likeness (QED) is 0.629. The first-order valence-electron chi connectivity index (χ1n) is 8.53. The second-order valence-corrected chi connectivity index (χ2v) is 6.47. The third-order valence-electron chi connectivity index (χ3n) is 4.95. The van der Waals surface area contributed by atoms with E-state index in [1.807, 2.05) is 6.07 Å². The molecule has 4 rings (SSSR count). The molecule has 7 nitrogen and oxygen atoms in total. The molecule has 7 heteroatoms. The van der Waals surface area contributed by atoms with E-state index in [1.165, 1.54) is 29.2 Å². The number of benzene rings is 2. The molecule has 2 amide bonds. The number of carbonyl (C=O) groups excluding carboxylic acids is 2. The minimum absolute atomic E-state index is 0.0553. The highest BCUT2D eigenvalue weighted by atomic mass is 16.6. The molecule has 26 heavy (non-hydrogen) atoms. The van der Waals surface area contributed by atoms with Gasteiger partial charge in [-0.1, -0.05) is 18.2 Å². The Morgan fingerprint density at radius 2 is 1.69 bits per heavy atom. The third-order valence-corrected chi connectivity index (χ3v) is 4.95. The van der Waals surface area contributed by atoms with Gasteiger partial charge >= 0.3 is 0 Å². The first-order chi connectivity index (χ1) is 12.6. The number of hydrogen-bond acceptors (Lipinski definition) is 4. The van der Waals surface area contributed by atoms with Crippen molar-refractivity contribution in [3.8, 4) is 0 Å². The second-order valence-electron chi connectivity index (χ2n) is 6.47. The maximum atomic E-state index is 13.1. The SMILES string of the molecule is O=C([C@H]1c2ccccc2C(=O)N1c1ccc([N+](=O)[O-])cc1)N1CCCC1. The van der Waals surface area contributed by atoms with Crippen LogP contribution in [0.2, 0.25) is 0 Å². The van der Waals surface area contributed by atoms with E-state index in [-0.39, 0.29) is 17.5 Å². The molecule has 2 aromatic rings. The molecule has 132 valence electrons. The Labute approximate surface area is 150 Å². The monoisotopic (exact) mass is 351 g/mol. The summed E-state index contributed by atoms with van der Waals surface area (Å²) in [7, 11) is 0. The molecule has 2 heterocycles. The Bertz CT molecular complexity index is 888. The molecule has 2 aliphatic heterocycles. The summed E-state index contributed by atoms with van der Waals surface area (Å²) >= 11 is 0. The van der Waals surface area contributed by atoms with Gasteiger partial charge in [0.15, 0.2) is 0 Å². The number of anilines is 1. The summed E-state index contributed by atoms with van der Waals surface area (Å²) in [6, 6.07) is 12.1. The highest BCUT2D eigenvalue weighted by Gasteiger charge is 2.43. The average molecular weight is 351 g/mol. The summed E-state index contributed by atoms with van der Waals surface area (Å²) in [5.74, 6) is -0.355. The smallest absolute Gasteiger partial charge is 0.269 e. The molecule has 0 saturated carbocycles. The Hall–Kier alpha value is -3.22. The summed E-state index contributed by atoms with van der Waals surface area (Å²) in [5.41, 5.74) is 1.62. The molecule has 0 aliphatic carbocycles. The van der Waals surface area contributed by atoms with Crippen LogP contribution in [0.5, 0.6) is 0 Å². The van der Waals surface area contributed by atoms with Crippen LogP contribution >= 0.6 is 0 Å². The molecule has 2 aromatic carbocycles. The first kappa shape index (κ1) is 16.3. The molecule has 0 aromatic heterocycles. The van der Waals surface area contributed by atoms with E-state index in [2.05, 4.69) is 0 Å². The maximum Gasteiger partial charge on any atom is 0.269 e. The van der Waals surface area contributed by atoms with Crippen LogP contribution in [0.25, 0.3) is 0 Å². The standard InChI is InChI=1S/C19H17N3O4/c23-18-16-6-2-1-5-15(16)17(19(24)20-11-3-4-12-20)21(18)13-7-9-14(10-8-13)22(25)26/h1-2,5-10,17H,3-4,11-12H2/t17-/m1/s1. The number of carbonyl (C=O) groups is 2. The minimum Gasteiger partial charge on any atom is -0.341 e. The molecule has 1 atom stereocenters. The average Bonchev–Trinajstić information content (AvgIpc) is 3.28. The van der Waals surface area contributed by atoms with Crippen LogP contribution in [0.15, 0.2) is 48.5 Å². The number of non-ortho nitro benzene ring substituents is 1. The predicted molar refractivity (Wildman–Crippen MR) is 94.9 cm³/mol. The van der Waals surface area contributed by atoms with Crippen molar-refractivity contribution >= 4 is 23.2 Å². The topological polar surface area (TPSA) is 83.8 Å². The first-order valence-corrected chi connectivity index (χ1v) is 8.53. The lowest BCUT2D eigenvalue weighted by Crippen LogP contribution is -2.40. The number of rotatable bonds is 3. The highest BCUT2D eigenvalue weighted by Crippen LogP contribution is 2.39. The zero-order chi connectivity index (χ0) is 18.3. The van der Waals surface area contributed by atoms with E-state index in [9.17, 15) is 19.7 Å². The summed E-state index contributed by atoms with van der Waals surface area (Å²) < 4.78 is 0. The van der Waals surface area contributed by atoms with Crippen LogP contribution < -0.4 is 4.90 Å². The van der Waals surface area contributed by atoms with E-state index < -0.39 is 11.0 Å². The molecule has 0 N–H and O–H groups in total. The van der Waals surface area contributed by atoms with Gasteiger partial charge < -0.3 is 4.90 Å². The Balaban J connectivity index is 1.77. The van der Waals surface area contributed by atoms with Gasteiger partial charge in [0.1, 0.15) is 6.04 Å². The summed E-state index contributed by atoms with van der Waals surface area (Å²) in [4.78, 5) is 39.7. The van der Waals surface area contributed by atoms with E-state index in [0.29, 0.717) is 29.9 Å². The van der Waals surface area contributed by atoms with Crippen LogP contribution in [-0.2, 0) is 4.79 Å². The number of nitro benzene ring substituents is 1. The number of hydrogen-bond donors (Lipinski definition) is 0. The number of fused-ring (bicyclic) bond motifs is 1. The predicted octanol–water partition coefficient (Wildman–Crippen LogP) is 2.92. The molecule has 1 fully saturated rings. The van der Waals surface area contributed by atoms with Gasteiger partial charge in [0.2, 0.25) is 5.91 Å². The summed E-state index contributed by atoms with van der Waals surface area (Å²) in [5, 5.41) is 10.9. The Morgan fingerprint density at radius 1 is 1.04 bits per heavy atom. The number of nitrogens with zero attached hydrogens (tertiary/aromatic N) is 3. The van der Waals surface area contributed by atoms with Crippen molar-refractivity contribution in [3.05, 3.63) is 69.8 Å². The third kappa shape index (κ3) is 2.52. The Kier molecular flexibility index (Phi) is 3.91. The highest BCUT2D eigenvalue weighted by molar-refractivity contribution is 6.15. The molecular formula is C19H17N3O4. The molecule has 1 saturated heterocycles. The van der Waals surface area contributed by atoms with Crippen molar-refractivity contribution in [2.75, 3.05) is 18.0 Å². The second kappa shape index (κ2) is 6.25. The number of likely N-dealkylation sites (tertiary alicyclic amines) is 1. The summed E-state index contributed by atoms with van der Waals surface area (Å²) in [6.07, 6.45) is 1.93. The lowest BCUT2D eigenvalue weighted by atomic mass is 10.0. The maximum absolute atomic E-state index is 13.1. The fourth-order valence-electron chi connectivity index (χ4n) is 3.67. The van der Waals surface area contributed by atoms with Crippen LogP contribution in [0.4, 0.5) is 11.4 Å². The van der Waals surface area contributed by atoms with Crippen molar-refractivity contribution in [2.24, 2.45) is 0 Å². The zero-order valence-corrected chi connectivity index (χ0v) is 14.0. The minimum atomic E-state index is -0.724. The van der Waals surface area contributed by atoms with Gasteiger partial charge in [-0.25, -0.2) is 0 Å². The van der Waals surface area contributed by atoms with Gasteiger partial charge in [-0.3, -0.25) is 24.6 Å². The van der Waals surface area contributed by atoms with Gasteiger partial charge in [-0.2, -0.15) is 0 Å². The fourth-order valence-corrected chi connectivity index (χ4v) is 3.67. The molecular weight excluding hydrogens is 334 g/mol. The van der Waals surface area contributed by atoms with Crippen molar-refractivity contribution in [2.45, 2.75) is 18.9 Å². The van der Waals surface area contributed by atoms with E-state index in [4.69, 9.17) is 0 Å². The molecule has 0 spiro atoms. The van der Waals surface area contributed by atoms with Crippen molar-refractivity contribution in [3.63, 3.8) is 0 Å². The molecule has 2 aliphatic rings. The van der Waals surface area contributed by atoms with Crippen molar-refractivity contribution in [1.82, 2.24) is 4.90 Å². The number of amides is 2. The molecule has 0 bridgehead atoms. The van der Waals surface area contributed by atoms with E-state index >= 15 is 0 Å². The van der Waals surface area contributed by atoms with Crippen LogP contribution in [0, 0.1) is 10.1 Å². The van der Waals surface area contributed by atoms with Gasteiger partial charge in [-0.15, -0.1) is 0 Å². The van der Waals surface area contributed by atoms with Crippen LogP contribution in [0.1, 0.15) is 34.8 Å². The van der Waals surface area contributed by atoms with Crippen LogP contribution in [0.3, 0.4) is 0 Å². The van der Waals surface area contributed by atoms with Gasteiger partial charge in [-0.05, 0) is 36.6 Å². The van der Waals surface area contributed by atoms with Gasteiger partial charge in [0.05, 0.1) is 4.92 Å². The van der Waals surface area contributed by atoms with Crippen molar-refractivity contribution in [1.29, 1.82) is 0 Å². The number of nitro groups is 1. The zero-order valence-electron chi connectivity index (χ0n) is 14.0. The molecule has 0 unspecified atom stereocenters. The van der Waals surface area contributed by atoms with Crippen LogP contribution in [-0.4, -0.2) is 34.7 Å². The van der Waals surface area contributed by atoms with Crippen molar-refractivity contribution < 1.29 is 14.5 Å². The summed E-state index contributed by atoms with van der Waals surface area (Å²) in [6.45, 7) is 1.39. The lowest BCUT2D eigenvalue weighted by Gasteiger charge is -2.28.